The van der Waals surface area contributed by atoms with E-state index in [1.54, 1.807) is 18.4 Å². The number of rotatable bonds is 17. The van der Waals surface area contributed by atoms with Crippen LogP contribution in [-0.2, 0) is 31.8 Å². The van der Waals surface area contributed by atoms with Crippen molar-refractivity contribution in [2.75, 3.05) is 72.7 Å². The Morgan fingerprint density at radius 3 is 2.57 bits per heavy atom. The number of piperidine rings is 1. The molecule has 9 nitrogen and oxygen atoms in total. The second-order valence-electron chi connectivity index (χ2n) is 13.2. The van der Waals surface area contributed by atoms with E-state index in [-0.39, 0.29) is 23.5 Å². The van der Waals surface area contributed by atoms with Crippen LogP contribution >= 0.6 is 11.3 Å². The molecule has 1 aromatic carbocycles. The molecule has 1 atom stereocenters. The van der Waals surface area contributed by atoms with Crippen molar-refractivity contribution in [2.45, 2.75) is 90.3 Å². The van der Waals surface area contributed by atoms with E-state index in [9.17, 15) is 9.59 Å². The maximum Gasteiger partial charge on any atom is 0.273 e. The molecular weight excluding hydrogens is 600 g/mol. The summed E-state index contributed by atoms with van der Waals surface area (Å²) < 4.78 is 17.6. The summed E-state index contributed by atoms with van der Waals surface area (Å²) in [5, 5.41) is 2.92. The lowest BCUT2D eigenvalue weighted by molar-refractivity contribution is -0.134. The van der Waals surface area contributed by atoms with Crippen molar-refractivity contribution >= 4 is 23.2 Å². The van der Waals surface area contributed by atoms with Crippen molar-refractivity contribution in [2.24, 2.45) is 0 Å². The third-order valence-electron chi connectivity index (χ3n) is 9.26. The number of methoxy groups -OCH3 is 1. The van der Waals surface area contributed by atoms with E-state index in [1.807, 2.05) is 22.1 Å². The Balaban J connectivity index is 1.15. The van der Waals surface area contributed by atoms with Crippen LogP contribution in [-0.4, -0.2) is 116 Å². The fourth-order valence-corrected chi connectivity index (χ4v) is 7.02. The zero-order chi connectivity index (χ0) is 32.9. The molecule has 10 heteroatoms. The van der Waals surface area contributed by atoms with Gasteiger partial charge in [0.1, 0.15) is 5.69 Å². The van der Waals surface area contributed by atoms with E-state index in [0.717, 1.165) is 69.7 Å². The monoisotopic (exact) mass is 656 g/mol. The van der Waals surface area contributed by atoms with Crippen molar-refractivity contribution in [3.63, 3.8) is 0 Å². The Bertz CT molecular complexity index is 1230. The van der Waals surface area contributed by atoms with Gasteiger partial charge in [-0.15, -0.1) is 11.3 Å². The van der Waals surface area contributed by atoms with E-state index in [1.165, 1.54) is 11.1 Å². The smallest absolute Gasteiger partial charge is 0.273 e. The minimum absolute atomic E-state index is 0.0300. The van der Waals surface area contributed by atoms with Crippen LogP contribution in [0.4, 0.5) is 0 Å². The summed E-state index contributed by atoms with van der Waals surface area (Å²) in [7, 11) is 1.69. The highest BCUT2D eigenvalue weighted by Gasteiger charge is 2.41. The van der Waals surface area contributed by atoms with Crippen LogP contribution in [0.15, 0.2) is 29.6 Å². The molecule has 1 unspecified atom stereocenters. The quantitative estimate of drug-likeness (QED) is 0.210. The molecule has 1 aromatic heterocycles. The Hall–Kier alpha value is -2.37. The highest BCUT2D eigenvalue weighted by Crippen LogP contribution is 2.31. The normalized spacial score (nSPS) is 17.5. The van der Waals surface area contributed by atoms with Gasteiger partial charge in [-0.05, 0) is 50.2 Å². The van der Waals surface area contributed by atoms with Gasteiger partial charge in [0.25, 0.3) is 5.91 Å². The molecular formula is C36H56N4O5S. The summed E-state index contributed by atoms with van der Waals surface area (Å²) in [6, 6.07) is 8.78. The van der Waals surface area contributed by atoms with Gasteiger partial charge in [-0.25, -0.2) is 4.98 Å². The van der Waals surface area contributed by atoms with Crippen molar-refractivity contribution in [1.82, 2.24) is 19.7 Å². The molecule has 0 aliphatic carbocycles. The van der Waals surface area contributed by atoms with Gasteiger partial charge >= 0.3 is 0 Å². The van der Waals surface area contributed by atoms with E-state index in [2.05, 4.69) is 54.9 Å². The first-order chi connectivity index (χ1) is 22.2. The molecule has 2 saturated heterocycles. The van der Waals surface area contributed by atoms with E-state index >= 15 is 0 Å². The molecule has 0 N–H and O–H groups in total. The second-order valence-corrected chi connectivity index (χ2v) is 14.1. The Morgan fingerprint density at radius 2 is 1.87 bits per heavy atom. The minimum Gasteiger partial charge on any atom is -0.381 e. The van der Waals surface area contributed by atoms with Crippen LogP contribution < -0.4 is 0 Å². The van der Waals surface area contributed by atoms with Crippen LogP contribution in [0.1, 0.15) is 92.3 Å². The zero-order valence-electron chi connectivity index (χ0n) is 28.8. The van der Waals surface area contributed by atoms with Crippen molar-refractivity contribution < 1.29 is 23.8 Å². The van der Waals surface area contributed by atoms with E-state index < -0.39 is 0 Å². The number of aromatic nitrogens is 1. The first kappa shape index (κ1) is 36.5. The van der Waals surface area contributed by atoms with Crippen LogP contribution in [0.2, 0.25) is 0 Å². The van der Waals surface area contributed by atoms with Gasteiger partial charge in [0.15, 0.2) is 0 Å². The van der Waals surface area contributed by atoms with Gasteiger partial charge in [0.2, 0.25) is 5.91 Å². The third-order valence-corrected chi connectivity index (χ3v) is 10.4. The van der Waals surface area contributed by atoms with Gasteiger partial charge in [-0.3, -0.25) is 9.59 Å². The number of carbonyl (C=O) groups excluding carboxylic acids is 2. The molecule has 0 bridgehead atoms. The number of morpholine rings is 1. The molecule has 256 valence electrons. The number of amides is 2. The molecule has 46 heavy (non-hydrogen) atoms. The standard InChI is InChI=1S/C36H56N4O5S/c1-6-7-16-39(25-29(4)43-5)33(41)13-22-44-21-12-31-10-8-9-30(24-31)11-17-38-18-14-36(15-19-38)27-40(20-23-45-36)35(42)32-26-46-34(37-32)28(2)3/h8-10,24,26,28-29H,6-7,11-23,25,27H2,1-5H3. The maximum atomic E-state index is 13.2. The molecule has 2 aromatic rings. The number of ether oxygens (including phenoxy) is 3. The largest absolute Gasteiger partial charge is 0.381 e. The Labute approximate surface area is 280 Å². The summed E-state index contributed by atoms with van der Waals surface area (Å²) in [6.07, 6.45) is 6.20. The molecule has 0 saturated carbocycles. The molecule has 4 rings (SSSR count). The molecule has 2 aliphatic rings. The zero-order valence-corrected chi connectivity index (χ0v) is 29.6. The van der Waals surface area contributed by atoms with Crippen LogP contribution in [0, 0.1) is 0 Å². The first-order valence-electron chi connectivity index (χ1n) is 17.3. The molecule has 2 aliphatic heterocycles. The lowest BCUT2D eigenvalue weighted by Crippen LogP contribution is -2.58. The predicted molar refractivity (Wildman–Crippen MR) is 184 cm³/mol. The average molecular weight is 657 g/mol. The molecule has 0 radical (unpaired) electrons. The lowest BCUT2D eigenvalue weighted by Gasteiger charge is -2.47. The number of carbonyl (C=O) groups is 2. The number of unbranched alkanes of at least 4 members (excludes halogenated alkanes) is 1. The number of nitrogens with zero attached hydrogens (tertiary/aromatic N) is 4. The Morgan fingerprint density at radius 1 is 1.11 bits per heavy atom. The molecule has 2 fully saturated rings. The van der Waals surface area contributed by atoms with Gasteiger partial charge in [0, 0.05) is 57.7 Å². The van der Waals surface area contributed by atoms with Crippen LogP contribution in [0.3, 0.4) is 0 Å². The summed E-state index contributed by atoms with van der Waals surface area (Å²) >= 11 is 1.57. The summed E-state index contributed by atoms with van der Waals surface area (Å²) in [5.41, 5.74) is 2.93. The maximum absolute atomic E-state index is 13.2. The summed E-state index contributed by atoms with van der Waals surface area (Å²) in [6.45, 7) is 15.6. The molecule has 1 spiro atoms. The summed E-state index contributed by atoms with van der Waals surface area (Å²) in [4.78, 5) is 36.9. The second kappa shape index (κ2) is 18.2. The summed E-state index contributed by atoms with van der Waals surface area (Å²) in [5.74, 6) is 0.507. The fraction of sp³-hybridized carbons (Fsp3) is 0.694. The average Bonchev–Trinajstić information content (AvgIpc) is 3.57. The van der Waals surface area contributed by atoms with Gasteiger partial charge in [-0.1, -0.05) is 51.5 Å². The lowest BCUT2D eigenvalue weighted by atomic mass is 9.89. The van der Waals surface area contributed by atoms with E-state index in [4.69, 9.17) is 14.2 Å². The Kier molecular flexibility index (Phi) is 14.5. The third kappa shape index (κ3) is 10.8. The van der Waals surface area contributed by atoms with Gasteiger partial charge < -0.3 is 28.9 Å². The van der Waals surface area contributed by atoms with Crippen molar-refractivity contribution in [3.8, 4) is 0 Å². The van der Waals surface area contributed by atoms with Gasteiger partial charge in [-0.2, -0.15) is 0 Å². The number of benzene rings is 1. The van der Waals surface area contributed by atoms with E-state index in [0.29, 0.717) is 57.5 Å². The number of hydrogen-bond acceptors (Lipinski definition) is 8. The minimum atomic E-state index is -0.248. The predicted octanol–water partition coefficient (Wildman–Crippen LogP) is 5.43. The highest BCUT2D eigenvalue weighted by molar-refractivity contribution is 7.09. The highest BCUT2D eigenvalue weighted by atomic mass is 32.1. The number of thiazole rings is 1. The number of likely N-dealkylation sites (tertiary alicyclic amines) is 1. The van der Waals surface area contributed by atoms with Crippen LogP contribution in [0.5, 0.6) is 0 Å². The van der Waals surface area contributed by atoms with Crippen molar-refractivity contribution in [1.29, 1.82) is 0 Å². The SMILES string of the molecule is CCCCN(CC(C)OC)C(=O)CCOCCc1cccc(CCN2CCC3(CC2)CN(C(=O)c2csc(C(C)C)n2)CCO3)c1. The first-order valence-corrected chi connectivity index (χ1v) is 18.2. The topological polar surface area (TPSA) is 84.4 Å². The van der Waals surface area contributed by atoms with Gasteiger partial charge in [0.05, 0.1) is 49.5 Å². The molecule has 3 heterocycles. The molecule has 2 amide bonds. The fourth-order valence-electron chi connectivity index (χ4n) is 6.21. The van der Waals surface area contributed by atoms with Crippen molar-refractivity contribution in [3.05, 3.63) is 51.5 Å². The number of hydrogen-bond donors (Lipinski definition) is 0. The van der Waals surface area contributed by atoms with Crippen LogP contribution in [0.25, 0.3) is 0 Å².